The van der Waals surface area contributed by atoms with Crippen LogP contribution in [0.3, 0.4) is 0 Å². The Hall–Kier alpha value is -3.16. The standard InChI is InChI=1S/C19H18F3NO4/c1-25-15-10-14(11-16(26-2)18(15)27-3)23-17(24)9-6-12-4-7-13(8-5-12)19(20,21)22/h4-11H,1-3H3,(H,23,24)/b9-6+. The first-order valence-electron chi connectivity index (χ1n) is 7.74. The first-order valence-corrected chi connectivity index (χ1v) is 7.74. The zero-order valence-electron chi connectivity index (χ0n) is 14.9. The molecule has 2 aromatic carbocycles. The number of hydrogen-bond donors (Lipinski definition) is 1. The van der Waals surface area contributed by atoms with Gasteiger partial charge in [0.2, 0.25) is 11.7 Å². The first-order chi connectivity index (χ1) is 12.8. The Bertz CT molecular complexity index is 805. The minimum Gasteiger partial charge on any atom is -0.493 e. The van der Waals surface area contributed by atoms with Crippen LogP contribution in [0, 0.1) is 0 Å². The molecule has 2 aromatic rings. The topological polar surface area (TPSA) is 56.8 Å². The summed E-state index contributed by atoms with van der Waals surface area (Å²) >= 11 is 0. The van der Waals surface area contributed by atoms with Crippen LogP contribution in [0.5, 0.6) is 17.2 Å². The lowest BCUT2D eigenvalue weighted by Gasteiger charge is -2.14. The summed E-state index contributed by atoms with van der Waals surface area (Å²) in [5.74, 6) is 0.667. The van der Waals surface area contributed by atoms with Crippen molar-refractivity contribution in [3.8, 4) is 17.2 Å². The molecule has 0 fully saturated rings. The van der Waals surface area contributed by atoms with Gasteiger partial charge in [0.25, 0.3) is 0 Å². The molecule has 144 valence electrons. The van der Waals surface area contributed by atoms with E-state index in [1.165, 1.54) is 45.6 Å². The molecule has 2 rings (SSSR count). The molecule has 0 aliphatic heterocycles. The molecular formula is C19H18F3NO4. The average molecular weight is 381 g/mol. The van der Waals surface area contributed by atoms with Gasteiger partial charge < -0.3 is 19.5 Å². The Morgan fingerprint density at radius 2 is 1.52 bits per heavy atom. The fraction of sp³-hybridized carbons (Fsp3) is 0.211. The van der Waals surface area contributed by atoms with E-state index < -0.39 is 17.6 Å². The predicted octanol–water partition coefficient (Wildman–Crippen LogP) is 4.38. The van der Waals surface area contributed by atoms with Crippen molar-refractivity contribution >= 4 is 17.7 Å². The monoisotopic (exact) mass is 381 g/mol. The van der Waals surface area contributed by atoms with E-state index in [9.17, 15) is 18.0 Å². The third-order valence-corrected chi connectivity index (χ3v) is 3.60. The second kappa shape index (κ2) is 8.48. The maximum Gasteiger partial charge on any atom is 0.416 e. The third-order valence-electron chi connectivity index (χ3n) is 3.60. The van der Waals surface area contributed by atoms with Crippen molar-refractivity contribution in [3.05, 3.63) is 53.6 Å². The van der Waals surface area contributed by atoms with Gasteiger partial charge in [-0.05, 0) is 23.8 Å². The van der Waals surface area contributed by atoms with Gasteiger partial charge in [0.05, 0.1) is 26.9 Å². The van der Waals surface area contributed by atoms with Crippen LogP contribution in [-0.2, 0) is 11.0 Å². The molecule has 5 nitrogen and oxygen atoms in total. The summed E-state index contributed by atoms with van der Waals surface area (Å²) in [6.07, 6.45) is -1.77. The van der Waals surface area contributed by atoms with Crippen LogP contribution in [0.15, 0.2) is 42.5 Å². The summed E-state index contributed by atoms with van der Waals surface area (Å²) in [4.78, 5) is 12.1. The molecule has 27 heavy (non-hydrogen) atoms. The molecule has 0 atom stereocenters. The van der Waals surface area contributed by atoms with E-state index in [0.29, 0.717) is 28.5 Å². The van der Waals surface area contributed by atoms with E-state index in [0.717, 1.165) is 12.1 Å². The van der Waals surface area contributed by atoms with Crippen molar-refractivity contribution in [3.63, 3.8) is 0 Å². The number of carbonyl (C=O) groups is 1. The van der Waals surface area contributed by atoms with Crippen LogP contribution in [0.1, 0.15) is 11.1 Å². The van der Waals surface area contributed by atoms with E-state index in [1.807, 2.05) is 0 Å². The number of amides is 1. The molecular weight excluding hydrogens is 363 g/mol. The highest BCUT2D eigenvalue weighted by atomic mass is 19.4. The summed E-state index contributed by atoms with van der Waals surface area (Å²) in [5, 5.41) is 2.63. The first kappa shape index (κ1) is 20.2. The minimum atomic E-state index is -4.40. The molecule has 0 bridgehead atoms. The molecule has 0 aliphatic rings. The van der Waals surface area contributed by atoms with Gasteiger partial charge in [0, 0.05) is 23.9 Å². The maximum atomic E-state index is 12.5. The van der Waals surface area contributed by atoms with Crippen molar-refractivity contribution in [1.29, 1.82) is 0 Å². The van der Waals surface area contributed by atoms with E-state index in [1.54, 1.807) is 12.1 Å². The smallest absolute Gasteiger partial charge is 0.416 e. The highest BCUT2D eigenvalue weighted by molar-refractivity contribution is 6.02. The van der Waals surface area contributed by atoms with Gasteiger partial charge in [0.15, 0.2) is 11.5 Å². The number of carbonyl (C=O) groups excluding carboxylic acids is 1. The van der Waals surface area contributed by atoms with Crippen molar-refractivity contribution in [1.82, 2.24) is 0 Å². The molecule has 0 saturated carbocycles. The lowest BCUT2D eigenvalue weighted by atomic mass is 10.1. The quantitative estimate of drug-likeness (QED) is 0.755. The molecule has 0 aliphatic carbocycles. The Morgan fingerprint density at radius 1 is 0.963 bits per heavy atom. The molecule has 1 N–H and O–H groups in total. The van der Waals surface area contributed by atoms with Crippen LogP contribution in [0.2, 0.25) is 0 Å². The number of alkyl halides is 3. The van der Waals surface area contributed by atoms with E-state index in [4.69, 9.17) is 14.2 Å². The van der Waals surface area contributed by atoms with Crippen LogP contribution in [-0.4, -0.2) is 27.2 Å². The molecule has 0 spiro atoms. The zero-order chi connectivity index (χ0) is 20.0. The molecule has 1 amide bonds. The molecule has 0 saturated heterocycles. The van der Waals surface area contributed by atoms with Crippen LogP contribution < -0.4 is 19.5 Å². The molecule has 0 radical (unpaired) electrons. The second-order valence-electron chi connectivity index (χ2n) is 5.36. The normalized spacial score (nSPS) is 11.3. The van der Waals surface area contributed by atoms with Crippen molar-refractivity contribution in [2.24, 2.45) is 0 Å². The van der Waals surface area contributed by atoms with Gasteiger partial charge in [0.1, 0.15) is 0 Å². The zero-order valence-corrected chi connectivity index (χ0v) is 14.9. The number of methoxy groups -OCH3 is 3. The van der Waals surface area contributed by atoms with Crippen LogP contribution in [0.4, 0.5) is 18.9 Å². The largest absolute Gasteiger partial charge is 0.493 e. The van der Waals surface area contributed by atoms with Crippen LogP contribution in [0.25, 0.3) is 6.08 Å². The Labute approximate surface area is 154 Å². The minimum absolute atomic E-state index is 0.374. The number of ether oxygens (including phenoxy) is 3. The van der Waals surface area contributed by atoms with Gasteiger partial charge in [-0.15, -0.1) is 0 Å². The van der Waals surface area contributed by atoms with Crippen molar-refractivity contribution in [2.45, 2.75) is 6.18 Å². The Morgan fingerprint density at radius 3 is 1.96 bits per heavy atom. The third kappa shape index (κ3) is 5.16. The summed E-state index contributed by atoms with van der Waals surface area (Å²) in [7, 11) is 4.37. The maximum absolute atomic E-state index is 12.5. The van der Waals surface area contributed by atoms with Gasteiger partial charge in [-0.25, -0.2) is 0 Å². The van der Waals surface area contributed by atoms with Gasteiger partial charge in [-0.2, -0.15) is 13.2 Å². The summed E-state index contributed by atoms with van der Waals surface area (Å²) < 4.78 is 53.2. The van der Waals surface area contributed by atoms with Crippen LogP contribution >= 0.6 is 0 Å². The van der Waals surface area contributed by atoms with Crippen molar-refractivity contribution < 1.29 is 32.2 Å². The van der Waals surface area contributed by atoms with E-state index >= 15 is 0 Å². The van der Waals surface area contributed by atoms with Gasteiger partial charge in [-0.1, -0.05) is 12.1 Å². The fourth-order valence-electron chi connectivity index (χ4n) is 2.29. The molecule has 0 aromatic heterocycles. The number of rotatable bonds is 6. The van der Waals surface area contributed by atoms with Gasteiger partial charge in [-0.3, -0.25) is 4.79 Å². The highest BCUT2D eigenvalue weighted by Crippen LogP contribution is 2.39. The summed E-state index contributed by atoms with van der Waals surface area (Å²) in [6, 6.07) is 7.60. The van der Waals surface area contributed by atoms with Gasteiger partial charge >= 0.3 is 6.18 Å². The lowest BCUT2D eigenvalue weighted by molar-refractivity contribution is -0.137. The lowest BCUT2D eigenvalue weighted by Crippen LogP contribution is -2.08. The molecule has 0 heterocycles. The fourth-order valence-corrected chi connectivity index (χ4v) is 2.29. The molecule has 8 heteroatoms. The number of anilines is 1. The highest BCUT2D eigenvalue weighted by Gasteiger charge is 2.29. The van der Waals surface area contributed by atoms with E-state index in [2.05, 4.69) is 5.32 Å². The number of halogens is 3. The molecule has 0 unspecified atom stereocenters. The number of benzene rings is 2. The SMILES string of the molecule is COc1cc(NC(=O)/C=C/c2ccc(C(F)(F)F)cc2)cc(OC)c1OC. The van der Waals surface area contributed by atoms with E-state index in [-0.39, 0.29) is 0 Å². The summed E-state index contributed by atoms with van der Waals surface area (Å²) in [6.45, 7) is 0. The number of nitrogens with one attached hydrogen (secondary N) is 1. The second-order valence-corrected chi connectivity index (χ2v) is 5.36. The summed E-state index contributed by atoms with van der Waals surface area (Å²) in [5.41, 5.74) is 0.121. The predicted molar refractivity (Wildman–Crippen MR) is 95.2 cm³/mol. The Kier molecular flexibility index (Phi) is 6.33. The van der Waals surface area contributed by atoms with Crippen molar-refractivity contribution in [2.75, 3.05) is 26.6 Å². The number of hydrogen-bond acceptors (Lipinski definition) is 4. The Balaban J connectivity index is 2.12. The average Bonchev–Trinajstić information content (AvgIpc) is 2.65.